The number of nitrogens with one attached hydrogen (secondary N) is 2. The average Bonchev–Trinajstić information content (AvgIpc) is 2.35. The second-order valence-corrected chi connectivity index (χ2v) is 6.23. The molecule has 0 saturated heterocycles. The van der Waals surface area contributed by atoms with E-state index in [1.807, 2.05) is 46.8 Å². The fourth-order valence-corrected chi connectivity index (χ4v) is 2.02. The van der Waals surface area contributed by atoms with Gasteiger partial charge in [-0.25, -0.2) is 14.8 Å². The smallest absolute Gasteiger partial charge is 0.320 e. The number of hydrogen-bond acceptors (Lipinski definition) is 4. The van der Waals surface area contributed by atoms with Crippen LogP contribution < -0.4 is 10.6 Å². The average molecular weight is 299 g/mol. The monoisotopic (exact) mass is 299 g/mol. The van der Waals surface area contributed by atoms with E-state index in [4.69, 9.17) is 0 Å². The van der Waals surface area contributed by atoms with E-state index in [1.54, 1.807) is 12.3 Å². The van der Waals surface area contributed by atoms with Gasteiger partial charge in [0.2, 0.25) is 0 Å². The van der Waals surface area contributed by atoms with Crippen LogP contribution in [0.3, 0.4) is 0 Å². The molecule has 0 saturated carbocycles. The second-order valence-electron chi connectivity index (χ2n) is 6.23. The largest absolute Gasteiger partial charge is 0.333 e. The summed E-state index contributed by atoms with van der Waals surface area (Å²) in [6, 6.07) is 5.20. The molecule has 0 radical (unpaired) electrons. The summed E-state index contributed by atoms with van der Waals surface area (Å²) in [6.07, 6.45) is 1.63. The van der Waals surface area contributed by atoms with Crippen molar-refractivity contribution < 1.29 is 4.79 Å². The van der Waals surface area contributed by atoms with Gasteiger partial charge in [0.15, 0.2) is 5.82 Å². The van der Waals surface area contributed by atoms with E-state index in [0.717, 1.165) is 17.0 Å². The lowest BCUT2D eigenvalue weighted by Gasteiger charge is -2.20. The third kappa shape index (κ3) is 4.51. The maximum atomic E-state index is 11.9. The van der Waals surface area contributed by atoms with Gasteiger partial charge in [-0.2, -0.15) is 0 Å². The number of amides is 2. The Bertz CT molecular complexity index is 671. The van der Waals surface area contributed by atoms with E-state index >= 15 is 0 Å². The van der Waals surface area contributed by atoms with E-state index in [2.05, 4.69) is 25.6 Å². The quantitative estimate of drug-likeness (QED) is 0.893. The van der Waals surface area contributed by atoms with Crippen LogP contribution >= 0.6 is 0 Å². The van der Waals surface area contributed by atoms with Crippen LogP contribution in [0.4, 0.5) is 10.6 Å². The van der Waals surface area contributed by atoms with E-state index in [1.165, 1.54) is 0 Å². The predicted octanol–water partition coefficient (Wildman–Crippen LogP) is 3.08. The second kappa shape index (κ2) is 6.09. The van der Waals surface area contributed by atoms with Crippen molar-refractivity contribution in [3.63, 3.8) is 0 Å². The van der Waals surface area contributed by atoms with Crippen molar-refractivity contribution in [1.29, 1.82) is 0 Å². The summed E-state index contributed by atoms with van der Waals surface area (Å²) in [5.74, 6) is 1.01. The highest BCUT2D eigenvalue weighted by atomic mass is 16.2. The molecule has 22 heavy (non-hydrogen) atoms. The molecule has 0 fully saturated rings. The molecule has 2 amide bonds. The van der Waals surface area contributed by atoms with Crippen LogP contribution in [-0.4, -0.2) is 26.5 Å². The van der Waals surface area contributed by atoms with Crippen molar-refractivity contribution in [3.05, 3.63) is 35.8 Å². The lowest BCUT2D eigenvalue weighted by atomic mass is 10.1. The normalized spacial score (nSPS) is 11.1. The summed E-state index contributed by atoms with van der Waals surface area (Å²) in [6.45, 7) is 9.60. The van der Waals surface area contributed by atoms with Crippen LogP contribution in [-0.2, 0) is 0 Å². The highest BCUT2D eigenvalue weighted by Crippen LogP contribution is 2.18. The standard InChI is InChI=1S/C16H21N5O/c1-10-8-12(9-11(2)18-10)14-17-7-6-13(19-14)20-15(22)21-16(3,4)5/h6-9H,1-5H3,(H2,17,19,20,21,22). The molecule has 2 aromatic rings. The minimum atomic E-state index is -0.306. The Labute approximate surface area is 130 Å². The zero-order valence-electron chi connectivity index (χ0n) is 13.6. The number of carbonyl (C=O) groups excluding carboxylic acids is 1. The number of rotatable bonds is 2. The Hall–Kier alpha value is -2.50. The highest BCUT2D eigenvalue weighted by Gasteiger charge is 2.14. The van der Waals surface area contributed by atoms with E-state index in [0.29, 0.717) is 11.6 Å². The third-order valence-electron chi connectivity index (χ3n) is 2.73. The Kier molecular flexibility index (Phi) is 4.40. The van der Waals surface area contributed by atoms with Gasteiger partial charge in [0, 0.05) is 28.7 Å². The van der Waals surface area contributed by atoms with E-state index < -0.39 is 0 Å². The molecule has 2 aromatic heterocycles. The molecule has 0 bridgehead atoms. The number of aryl methyl sites for hydroxylation is 2. The minimum absolute atomic E-state index is 0.292. The summed E-state index contributed by atoms with van der Waals surface area (Å²) in [5, 5.41) is 5.55. The zero-order valence-corrected chi connectivity index (χ0v) is 13.6. The first-order chi connectivity index (χ1) is 10.2. The molecular weight excluding hydrogens is 278 g/mol. The van der Waals surface area contributed by atoms with Gasteiger partial charge in [0.05, 0.1) is 0 Å². The van der Waals surface area contributed by atoms with Crippen LogP contribution in [0.25, 0.3) is 11.4 Å². The number of pyridine rings is 1. The van der Waals surface area contributed by atoms with E-state index in [9.17, 15) is 4.79 Å². The van der Waals surface area contributed by atoms with Crippen molar-refractivity contribution in [1.82, 2.24) is 20.3 Å². The number of carbonyl (C=O) groups is 1. The van der Waals surface area contributed by atoms with Crippen LogP contribution in [0.2, 0.25) is 0 Å². The number of anilines is 1. The molecule has 2 heterocycles. The molecule has 0 aliphatic rings. The number of urea groups is 1. The summed E-state index contributed by atoms with van der Waals surface area (Å²) < 4.78 is 0. The van der Waals surface area contributed by atoms with Crippen LogP contribution in [0, 0.1) is 13.8 Å². The molecule has 0 aliphatic heterocycles. The molecule has 6 heteroatoms. The number of aromatic nitrogens is 3. The van der Waals surface area contributed by atoms with Gasteiger partial charge >= 0.3 is 6.03 Å². The van der Waals surface area contributed by atoms with Crippen LogP contribution in [0.15, 0.2) is 24.4 Å². The highest BCUT2D eigenvalue weighted by molar-refractivity contribution is 5.88. The van der Waals surface area contributed by atoms with E-state index in [-0.39, 0.29) is 11.6 Å². The topological polar surface area (TPSA) is 79.8 Å². The van der Waals surface area contributed by atoms with Gasteiger partial charge in [-0.15, -0.1) is 0 Å². The molecule has 116 valence electrons. The maximum absolute atomic E-state index is 11.9. The first-order valence-corrected chi connectivity index (χ1v) is 7.11. The Balaban J connectivity index is 2.21. The summed E-state index contributed by atoms with van der Waals surface area (Å²) in [5.41, 5.74) is 2.38. The van der Waals surface area contributed by atoms with Crippen molar-refractivity contribution in [2.24, 2.45) is 0 Å². The molecule has 0 atom stereocenters. The van der Waals surface area contributed by atoms with Crippen molar-refractivity contribution in [2.45, 2.75) is 40.2 Å². The van der Waals surface area contributed by atoms with Crippen molar-refractivity contribution in [2.75, 3.05) is 5.32 Å². The first kappa shape index (κ1) is 15.9. The van der Waals surface area contributed by atoms with Gasteiger partial charge in [-0.05, 0) is 52.8 Å². The Morgan fingerprint density at radius 3 is 2.32 bits per heavy atom. The Morgan fingerprint density at radius 2 is 1.73 bits per heavy atom. The van der Waals surface area contributed by atoms with Gasteiger partial charge in [-0.1, -0.05) is 0 Å². The molecule has 2 N–H and O–H groups in total. The number of hydrogen-bond donors (Lipinski definition) is 2. The van der Waals surface area contributed by atoms with Gasteiger partial charge in [0.1, 0.15) is 5.82 Å². The van der Waals surface area contributed by atoms with Gasteiger partial charge in [-0.3, -0.25) is 10.3 Å². The Morgan fingerprint density at radius 1 is 1.09 bits per heavy atom. The van der Waals surface area contributed by atoms with Crippen LogP contribution in [0.1, 0.15) is 32.2 Å². The van der Waals surface area contributed by atoms with Crippen molar-refractivity contribution in [3.8, 4) is 11.4 Å². The maximum Gasteiger partial charge on any atom is 0.320 e. The molecule has 0 aliphatic carbocycles. The molecule has 0 spiro atoms. The summed E-state index contributed by atoms with van der Waals surface area (Å²) in [7, 11) is 0. The fraction of sp³-hybridized carbons (Fsp3) is 0.375. The summed E-state index contributed by atoms with van der Waals surface area (Å²) >= 11 is 0. The lowest BCUT2D eigenvalue weighted by molar-refractivity contribution is 0.243. The predicted molar refractivity (Wildman–Crippen MR) is 86.6 cm³/mol. The van der Waals surface area contributed by atoms with Gasteiger partial charge in [0.25, 0.3) is 0 Å². The zero-order chi connectivity index (χ0) is 16.3. The summed E-state index contributed by atoms with van der Waals surface area (Å²) in [4.78, 5) is 24.9. The fourth-order valence-electron chi connectivity index (χ4n) is 2.02. The molecule has 6 nitrogen and oxygen atoms in total. The molecule has 0 aromatic carbocycles. The molecule has 0 unspecified atom stereocenters. The number of nitrogens with zero attached hydrogens (tertiary/aromatic N) is 3. The molecule has 2 rings (SSSR count). The molecular formula is C16H21N5O. The SMILES string of the molecule is Cc1cc(-c2nccc(NC(=O)NC(C)(C)C)n2)cc(C)n1. The minimum Gasteiger partial charge on any atom is -0.333 e. The third-order valence-corrected chi connectivity index (χ3v) is 2.73. The van der Waals surface area contributed by atoms with Gasteiger partial charge < -0.3 is 5.32 Å². The van der Waals surface area contributed by atoms with Crippen LogP contribution in [0.5, 0.6) is 0 Å². The first-order valence-electron chi connectivity index (χ1n) is 7.11. The lowest BCUT2D eigenvalue weighted by Crippen LogP contribution is -2.43. The van der Waals surface area contributed by atoms with Crippen molar-refractivity contribution >= 4 is 11.8 Å².